The van der Waals surface area contributed by atoms with E-state index < -0.39 is 0 Å². The van der Waals surface area contributed by atoms with Gasteiger partial charge < -0.3 is 0 Å². The van der Waals surface area contributed by atoms with Gasteiger partial charge in [0.25, 0.3) is 5.56 Å². The van der Waals surface area contributed by atoms with Crippen LogP contribution in [0, 0.1) is 0 Å². The Balaban J connectivity index is 2.23. The van der Waals surface area contributed by atoms with Crippen LogP contribution in [-0.4, -0.2) is 19.3 Å². The normalized spacial score (nSPS) is 10.4. The van der Waals surface area contributed by atoms with Crippen LogP contribution in [0.25, 0.3) is 11.6 Å². The summed E-state index contributed by atoms with van der Waals surface area (Å²) in [4.78, 5) is 20.3. The Morgan fingerprint density at radius 2 is 1.50 bits per heavy atom. The van der Waals surface area contributed by atoms with Crippen LogP contribution in [0.3, 0.4) is 0 Å². The maximum absolute atomic E-state index is 11.9. The van der Waals surface area contributed by atoms with Gasteiger partial charge in [0.2, 0.25) is 0 Å². The van der Waals surface area contributed by atoms with E-state index in [0.717, 1.165) is 0 Å². The second-order valence-electron chi connectivity index (χ2n) is 3.69. The summed E-state index contributed by atoms with van der Waals surface area (Å²) in [5.74, 6) is 1.24. The molecule has 0 saturated carbocycles. The van der Waals surface area contributed by atoms with Gasteiger partial charge in [-0.2, -0.15) is 4.68 Å². The standard InChI is InChI=1S/C13H10N4O/c18-13-7-10-16(11-5-1-3-8-14-11)17(13)12-6-2-4-9-15-12/h1-10H. The summed E-state index contributed by atoms with van der Waals surface area (Å²) in [6.07, 6.45) is 5.01. The minimum absolute atomic E-state index is 0.139. The second-order valence-corrected chi connectivity index (χ2v) is 3.69. The number of hydrogen-bond acceptors (Lipinski definition) is 3. The summed E-state index contributed by atoms with van der Waals surface area (Å²) in [6.45, 7) is 0. The quantitative estimate of drug-likeness (QED) is 0.678. The van der Waals surface area contributed by atoms with Crippen LogP contribution in [0.1, 0.15) is 0 Å². The van der Waals surface area contributed by atoms with Crippen molar-refractivity contribution in [3.05, 3.63) is 71.4 Å². The van der Waals surface area contributed by atoms with Crippen LogP contribution in [0.4, 0.5) is 0 Å². The molecule has 3 aromatic rings. The van der Waals surface area contributed by atoms with Gasteiger partial charge >= 0.3 is 0 Å². The van der Waals surface area contributed by atoms with Crippen molar-refractivity contribution in [1.29, 1.82) is 0 Å². The van der Waals surface area contributed by atoms with Gasteiger partial charge in [-0.25, -0.2) is 14.6 Å². The summed E-state index contributed by atoms with van der Waals surface area (Å²) in [5, 5.41) is 0. The summed E-state index contributed by atoms with van der Waals surface area (Å²) in [6, 6.07) is 12.4. The molecule has 0 N–H and O–H groups in total. The minimum Gasteiger partial charge on any atom is -0.267 e. The van der Waals surface area contributed by atoms with E-state index in [-0.39, 0.29) is 5.56 Å². The van der Waals surface area contributed by atoms with Crippen molar-refractivity contribution < 1.29 is 0 Å². The molecule has 0 atom stereocenters. The van der Waals surface area contributed by atoms with Gasteiger partial charge in [-0.3, -0.25) is 4.79 Å². The van der Waals surface area contributed by atoms with E-state index in [1.807, 2.05) is 30.3 Å². The first-order valence-electron chi connectivity index (χ1n) is 5.50. The summed E-state index contributed by atoms with van der Waals surface area (Å²) < 4.78 is 3.15. The molecule has 0 unspecified atom stereocenters. The van der Waals surface area contributed by atoms with Crippen molar-refractivity contribution in [3.63, 3.8) is 0 Å². The molecule has 0 aliphatic carbocycles. The summed E-state index contributed by atoms with van der Waals surface area (Å²) in [7, 11) is 0. The monoisotopic (exact) mass is 238 g/mol. The third-order valence-corrected chi connectivity index (χ3v) is 2.53. The van der Waals surface area contributed by atoms with Crippen molar-refractivity contribution in [2.75, 3.05) is 0 Å². The fourth-order valence-electron chi connectivity index (χ4n) is 1.75. The van der Waals surface area contributed by atoms with Gasteiger partial charge in [0.05, 0.1) is 0 Å². The summed E-state index contributed by atoms with van der Waals surface area (Å²) in [5.41, 5.74) is -0.139. The molecule has 0 aromatic carbocycles. The average Bonchev–Trinajstić information content (AvgIpc) is 2.83. The van der Waals surface area contributed by atoms with E-state index in [1.54, 1.807) is 29.3 Å². The predicted octanol–water partition coefficient (Wildman–Crippen LogP) is 1.42. The Morgan fingerprint density at radius 3 is 2.11 bits per heavy atom. The molecule has 0 aliphatic heterocycles. The molecule has 0 spiro atoms. The van der Waals surface area contributed by atoms with Crippen molar-refractivity contribution in [2.24, 2.45) is 0 Å². The van der Waals surface area contributed by atoms with Crippen molar-refractivity contribution in [3.8, 4) is 11.6 Å². The van der Waals surface area contributed by atoms with Crippen LogP contribution in [-0.2, 0) is 0 Å². The SMILES string of the molecule is O=c1ccn(-c2ccccn2)n1-c1ccccn1. The zero-order valence-electron chi connectivity index (χ0n) is 9.47. The zero-order chi connectivity index (χ0) is 12.4. The largest absolute Gasteiger partial charge is 0.273 e. The lowest BCUT2D eigenvalue weighted by atomic mass is 10.4. The van der Waals surface area contributed by atoms with Crippen LogP contribution in [0.2, 0.25) is 0 Å². The number of rotatable bonds is 2. The van der Waals surface area contributed by atoms with E-state index in [4.69, 9.17) is 0 Å². The fourth-order valence-corrected chi connectivity index (χ4v) is 1.75. The van der Waals surface area contributed by atoms with Crippen molar-refractivity contribution in [2.45, 2.75) is 0 Å². The molecule has 5 nitrogen and oxygen atoms in total. The highest BCUT2D eigenvalue weighted by Crippen LogP contribution is 2.06. The third kappa shape index (κ3) is 1.71. The molecule has 0 saturated heterocycles. The predicted molar refractivity (Wildman–Crippen MR) is 67.0 cm³/mol. The first-order chi connectivity index (χ1) is 8.86. The zero-order valence-corrected chi connectivity index (χ0v) is 9.47. The lowest BCUT2D eigenvalue weighted by Crippen LogP contribution is -2.21. The molecule has 0 radical (unpaired) electrons. The Hall–Kier alpha value is -2.69. The first-order valence-corrected chi connectivity index (χ1v) is 5.50. The van der Waals surface area contributed by atoms with E-state index >= 15 is 0 Å². The topological polar surface area (TPSA) is 52.7 Å². The Kier molecular flexibility index (Phi) is 2.49. The van der Waals surface area contributed by atoms with E-state index in [0.29, 0.717) is 11.6 Å². The van der Waals surface area contributed by atoms with Crippen LogP contribution in [0.5, 0.6) is 0 Å². The van der Waals surface area contributed by atoms with Crippen molar-refractivity contribution in [1.82, 2.24) is 19.3 Å². The first kappa shape index (κ1) is 10.5. The van der Waals surface area contributed by atoms with E-state index in [1.165, 1.54) is 10.7 Å². The van der Waals surface area contributed by atoms with Gasteiger partial charge in [-0.05, 0) is 24.3 Å². The van der Waals surface area contributed by atoms with Crippen molar-refractivity contribution >= 4 is 0 Å². The molecular weight excluding hydrogens is 228 g/mol. The molecule has 5 heteroatoms. The highest BCUT2D eigenvalue weighted by atomic mass is 16.1. The van der Waals surface area contributed by atoms with Gasteiger partial charge in [-0.15, -0.1) is 0 Å². The van der Waals surface area contributed by atoms with Gasteiger partial charge in [0.15, 0.2) is 11.6 Å². The number of nitrogens with zero attached hydrogens (tertiary/aromatic N) is 4. The van der Waals surface area contributed by atoms with Crippen LogP contribution >= 0.6 is 0 Å². The molecule has 0 amide bonds. The highest BCUT2D eigenvalue weighted by molar-refractivity contribution is 5.27. The van der Waals surface area contributed by atoms with Gasteiger partial charge in [0.1, 0.15) is 0 Å². The molecule has 18 heavy (non-hydrogen) atoms. The fraction of sp³-hybridized carbons (Fsp3) is 0. The maximum Gasteiger partial charge on any atom is 0.273 e. The van der Waals surface area contributed by atoms with Gasteiger partial charge in [-0.1, -0.05) is 12.1 Å². The highest BCUT2D eigenvalue weighted by Gasteiger charge is 2.08. The molecule has 88 valence electrons. The lowest BCUT2D eigenvalue weighted by molar-refractivity contribution is 0.691. The lowest BCUT2D eigenvalue weighted by Gasteiger charge is -2.09. The average molecular weight is 238 g/mol. The van der Waals surface area contributed by atoms with E-state index in [9.17, 15) is 4.79 Å². The number of pyridine rings is 2. The Morgan fingerprint density at radius 1 is 0.833 bits per heavy atom. The number of hydrogen-bond donors (Lipinski definition) is 0. The van der Waals surface area contributed by atoms with Gasteiger partial charge in [0, 0.05) is 24.7 Å². The molecule has 0 bridgehead atoms. The van der Waals surface area contributed by atoms with E-state index in [2.05, 4.69) is 9.97 Å². The molecular formula is C13H10N4O. The Bertz CT molecular complexity index is 701. The summed E-state index contributed by atoms with van der Waals surface area (Å²) >= 11 is 0. The maximum atomic E-state index is 11.9. The minimum atomic E-state index is -0.139. The number of aromatic nitrogens is 4. The van der Waals surface area contributed by atoms with Crippen LogP contribution in [0.15, 0.2) is 65.8 Å². The smallest absolute Gasteiger partial charge is 0.267 e. The second kappa shape index (κ2) is 4.29. The van der Waals surface area contributed by atoms with Crippen LogP contribution < -0.4 is 5.56 Å². The molecule has 3 heterocycles. The molecule has 3 aromatic heterocycles. The Labute approximate surface area is 103 Å². The molecule has 0 aliphatic rings. The molecule has 0 fully saturated rings. The molecule has 3 rings (SSSR count). The third-order valence-electron chi connectivity index (χ3n) is 2.53.